The molecular weight excluding hydrogens is 703 g/mol. The molecule has 8 rings (SSSR count). The third-order valence-electron chi connectivity index (χ3n) is 10.4. The summed E-state index contributed by atoms with van der Waals surface area (Å²) in [6, 6.07) is 55.8. The van der Waals surface area contributed by atoms with Crippen molar-refractivity contribution < 1.29 is 9.13 Å². The Hall–Kier alpha value is -5.68. The Labute approximate surface area is 327 Å². The number of aromatic nitrogens is 2. The van der Waals surface area contributed by atoms with Crippen molar-refractivity contribution in [2.24, 2.45) is 0 Å². The van der Waals surface area contributed by atoms with E-state index in [4.69, 9.17) is 23.2 Å². The minimum absolute atomic E-state index is 0.741. The van der Waals surface area contributed by atoms with Crippen molar-refractivity contribution in [3.05, 3.63) is 202 Å². The van der Waals surface area contributed by atoms with Gasteiger partial charge in [-0.1, -0.05) is 96.0 Å². The normalized spacial score (nSPS) is 11.3. The molecule has 0 fully saturated rings. The molecule has 2 aromatic heterocycles. The van der Waals surface area contributed by atoms with Crippen LogP contribution in [0.15, 0.2) is 170 Å². The van der Waals surface area contributed by atoms with Crippen LogP contribution in [0.5, 0.6) is 0 Å². The van der Waals surface area contributed by atoms with Gasteiger partial charge in [-0.15, -0.1) is 0 Å². The summed E-state index contributed by atoms with van der Waals surface area (Å²) in [5.74, 6) is 0. The predicted molar refractivity (Wildman–Crippen MR) is 226 cm³/mol. The zero-order valence-electron chi connectivity index (χ0n) is 30.5. The van der Waals surface area contributed by atoms with Gasteiger partial charge >= 0.3 is 0 Å². The number of aryl methyl sites for hydroxylation is 2. The fourth-order valence-corrected chi connectivity index (χ4v) is 7.57. The summed E-state index contributed by atoms with van der Waals surface area (Å²) in [4.78, 5) is 4.43. The lowest BCUT2D eigenvalue weighted by molar-refractivity contribution is -0.662. The van der Waals surface area contributed by atoms with Gasteiger partial charge in [-0.05, 0) is 84.6 Å². The van der Waals surface area contributed by atoms with Gasteiger partial charge in [0.2, 0.25) is 11.0 Å². The molecule has 54 heavy (non-hydrogen) atoms. The van der Waals surface area contributed by atoms with Crippen LogP contribution in [-0.4, -0.2) is 14.1 Å². The quantitative estimate of drug-likeness (QED) is 0.122. The molecule has 4 nitrogen and oxygen atoms in total. The summed E-state index contributed by atoms with van der Waals surface area (Å²) in [7, 11) is 4.21. The minimum Gasteiger partial charge on any atom is -0.344 e. The summed E-state index contributed by atoms with van der Waals surface area (Å²) in [6.45, 7) is 1.62. The van der Waals surface area contributed by atoms with E-state index in [9.17, 15) is 0 Å². The highest BCUT2D eigenvalue weighted by atomic mass is 35.5. The Kier molecular flexibility index (Phi) is 10.3. The molecule has 0 saturated carbocycles. The first-order valence-electron chi connectivity index (χ1n) is 18.4. The molecule has 6 aromatic carbocycles. The van der Waals surface area contributed by atoms with Crippen LogP contribution in [0.25, 0.3) is 21.8 Å². The second-order valence-electron chi connectivity index (χ2n) is 13.9. The molecule has 0 radical (unpaired) electrons. The van der Waals surface area contributed by atoms with E-state index in [-0.39, 0.29) is 0 Å². The summed E-state index contributed by atoms with van der Waals surface area (Å²) < 4.78 is 4.67. The van der Waals surface area contributed by atoms with Gasteiger partial charge in [0, 0.05) is 70.9 Å². The summed E-state index contributed by atoms with van der Waals surface area (Å²) in [5.41, 5.74) is 12.2. The van der Waals surface area contributed by atoms with Crippen LogP contribution in [0.2, 0.25) is 10.0 Å². The lowest BCUT2D eigenvalue weighted by Crippen LogP contribution is -2.35. The third kappa shape index (κ3) is 7.68. The minimum atomic E-state index is 0.741. The van der Waals surface area contributed by atoms with Crippen LogP contribution >= 0.6 is 23.2 Å². The Bertz CT molecular complexity index is 2350. The topological polar surface area (TPSA) is 14.2 Å². The van der Waals surface area contributed by atoms with Crippen LogP contribution in [-0.2, 0) is 25.9 Å². The van der Waals surface area contributed by atoms with Gasteiger partial charge in [0.1, 0.15) is 0 Å². The monoisotopic (exact) mass is 744 g/mol. The molecule has 0 bridgehead atoms. The first kappa shape index (κ1) is 35.4. The largest absolute Gasteiger partial charge is 0.344 e. The van der Waals surface area contributed by atoms with E-state index in [1.807, 2.05) is 24.3 Å². The molecule has 8 aromatic rings. The molecule has 0 atom stereocenters. The molecule has 0 aliphatic rings. The summed E-state index contributed by atoms with van der Waals surface area (Å²) >= 11 is 12.3. The number of pyridine rings is 2. The molecule has 0 unspecified atom stereocenters. The number of fused-ring (bicyclic) bond motifs is 2. The molecule has 0 saturated heterocycles. The van der Waals surface area contributed by atoms with Crippen molar-refractivity contribution in [2.45, 2.75) is 25.9 Å². The second kappa shape index (κ2) is 15.7. The number of nitrogens with zero attached hydrogens (tertiary/aromatic N) is 4. The van der Waals surface area contributed by atoms with E-state index in [1.165, 1.54) is 44.1 Å². The fraction of sp³-hybridized carbons (Fsp3) is 0.125. The Morgan fingerprint density at radius 3 is 1.15 bits per heavy atom. The van der Waals surface area contributed by atoms with Gasteiger partial charge in [0.05, 0.1) is 22.1 Å². The average Bonchev–Trinajstić information content (AvgIpc) is 3.21. The number of benzene rings is 6. The lowest BCUT2D eigenvalue weighted by atomic mass is 10.0. The first-order chi connectivity index (χ1) is 26.4. The second-order valence-corrected chi connectivity index (χ2v) is 14.8. The van der Waals surface area contributed by atoms with Gasteiger partial charge in [-0.2, -0.15) is 9.13 Å². The fourth-order valence-electron chi connectivity index (χ4n) is 7.32. The standard InChI is InChI=1S/C48H42Cl2N4/c1-51(41-25-21-39(49)22-26-41)45-29-31-53(47-9-5-3-7-43(45)47)33-37-17-13-35(14-18-37)11-12-36-15-19-38(20-16-36)34-54-32-30-46(44-8-4-6-10-48(44)54)52(2)42-27-23-40(50)24-28-42/h3-10,13-32H,11-12,33-34H2,1-2H3/q+2. The highest BCUT2D eigenvalue weighted by Crippen LogP contribution is 2.32. The van der Waals surface area contributed by atoms with E-state index in [1.54, 1.807) is 0 Å². The van der Waals surface area contributed by atoms with Gasteiger partial charge in [-0.3, -0.25) is 0 Å². The van der Waals surface area contributed by atoms with Crippen molar-refractivity contribution in [1.82, 2.24) is 0 Å². The maximum absolute atomic E-state index is 6.15. The number of halogens is 2. The Morgan fingerprint density at radius 2 is 0.759 bits per heavy atom. The van der Waals surface area contributed by atoms with Crippen LogP contribution < -0.4 is 18.9 Å². The molecule has 266 valence electrons. The van der Waals surface area contributed by atoms with E-state index >= 15 is 0 Å². The van der Waals surface area contributed by atoms with E-state index in [0.29, 0.717) is 0 Å². The highest BCUT2D eigenvalue weighted by Gasteiger charge is 2.18. The van der Waals surface area contributed by atoms with Crippen molar-refractivity contribution in [2.75, 3.05) is 23.9 Å². The SMILES string of the molecule is CN(c1ccc(Cl)cc1)c1cc[n+](Cc2ccc(CCc3ccc(C[n+]4ccc(N(C)c5ccc(Cl)cc5)c5ccccc54)cc3)cc2)c2ccccc12. The van der Waals surface area contributed by atoms with Gasteiger partial charge in [0.15, 0.2) is 25.5 Å². The van der Waals surface area contributed by atoms with Crippen LogP contribution in [0.3, 0.4) is 0 Å². The zero-order chi connectivity index (χ0) is 37.0. The van der Waals surface area contributed by atoms with Crippen molar-refractivity contribution in [1.29, 1.82) is 0 Å². The summed E-state index contributed by atoms with van der Waals surface area (Å²) in [6.07, 6.45) is 6.39. The smallest absolute Gasteiger partial charge is 0.214 e. The lowest BCUT2D eigenvalue weighted by Gasteiger charge is -2.21. The van der Waals surface area contributed by atoms with Crippen molar-refractivity contribution in [3.63, 3.8) is 0 Å². The van der Waals surface area contributed by atoms with E-state index < -0.39 is 0 Å². The molecule has 0 aliphatic carbocycles. The zero-order valence-corrected chi connectivity index (χ0v) is 32.1. The Morgan fingerprint density at radius 1 is 0.407 bits per heavy atom. The van der Waals surface area contributed by atoms with Crippen molar-refractivity contribution >= 4 is 67.8 Å². The molecule has 6 heteroatoms. The molecular formula is C48H42Cl2N4+2. The van der Waals surface area contributed by atoms with Crippen LogP contribution in [0.4, 0.5) is 22.7 Å². The van der Waals surface area contributed by atoms with E-state index in [2.05, 4.69) is 179 Å². The number of hydrogen-bond acceptors (Lipinski definition) is 2. The summed E-state index contributed by atoms with van der Waals surface area (Å²) in [5, 5.41) is 3.90. The van der Waals surface area contributed by atoms with Gasteiger partial charge in [-0.25, -0.2) is 0 Å². The van der Waals surface area contributed by atoms with Gasteiger partial charge in [0.25, 0.3) is 0 Å². The first-order valence-corrected chi connectivity index (χ1v) is 19.1. The highest BCUT2D eigenvalue weighted by molar-refractivity contribution is 6.31. The molecule has 0 aliphatic heterocycles. The van der Waals surface area contributed by atoms with Crippen LogP contribution in [0.1, 0.15) is 22.3 Å². The maximum atomic E-state index is 6.15. The molecule has 0 amide bonds. The number of para-hydroxylation sites is 2. The van der Waals surface area contributed by atoms with E-state index in [0.717, 1.165) is 58.7 Å². The molecule has 2 heterocycles. The molecule has 0 spiro atoms. The predicted octanol–water partition coefficient (Wildman–Crippen LogP) is 11.3. The maximum Gasteiger partial charge on any atom is 0.214 e. The third-order valence-corrected chi connectivity index (χ3v) is 10.9. The van der Waals surface area contributed by atoms with Crippen molar-refractivity contribution in [3.8, 4) is 0 Å². The number of hydrogen-bond donors (Lipinski definition) is 0. The Balaban J connectivity index is 0.909. The number of rotatable bonds is 11. The van der Waals surface area contributed by atoms with Crippen LogP contribution in [0, 0.1) is 0 Å². The number of anilines is 4. The average molecular weight is 746 g/mol. The molecule has 0 N–H and O–H groups in total. The van der Waals surface area contributed by atoms with Gasteiger partial charge < -0.3 is 9.80 Å².